The second-order valence-electron chi connectivity index (χ2n) is 11.8. The van der Waals surface area contributed by atoms with Crippen molar-refractivity contribution in [3.05, 3.63) is 150 Å². The van der Waals surface area contributed by atoms with Crippen molar-refractivity contribution in [3.63, 3.8) is 0 Å². The molecule has 54 heavy (non-hydrogen) atoms. The van der Waals surface area contributed by atoms with Gasteiger partial charge in [0.2, 0.25) is 0 Å². The van der Waals surface area contributed by atoms with Gasteiger partial charge in [-0.15, -0.1) is 22.7 Å². The van der Waals surface area contributed by atoms with Crippen LogP contribution in [0.5, 0.6) is 0 Å². The highest BCUT2D eigenvalue weighted by atomic mass is 35.5. The summed E-state index contributed by atoms with van der Waals surface area (Å²) in [6, 6.07) is 27.4. The fourth-order valence-corrected chi connectivity index (χ4v) is 7.96. The number of rotatable bonds is 13. The second kappa shape index (κ2) is 18.1. The highest BCUT2D eigenvalue weighted by molar-refractivity contribution is 7.13. The third-order valence-electron chi connectivity index (χ3n) is 8.08. The Morgan fingerprint density at radius 3 is 1.78 bits per heavy atom. The van der Waals surface area contributed by atoms with E-state index in [4.69, 9.17) is 51.1 Å². The van der Waals surface area contributed by atoms with E-state index in [2.05, 4.69) is 20.6 Å². The van der Waals surface area contributed by atoms with Gasteiger partial charge in [-0.05, 0) is 29.7 Å². The minimum absolute atomic E-state index is 0.115. The Kier molecular flexibility index (Phi) is 13.1. The highest BCUT2D eigenvalue weighted by Gasteiger charge is 2.28. The number of halogens is 4. The largest absolute Gasteiger partial charge is 0.393 e. The molecule has 0 saturated heterocycles. The zero-order valence-corrected chi connectivity index (χ0v) is 32.6. The molecule has 9 nitrogen and oxygen atoms in total. The lowest BCUT2D eigenvalue weighted by atomic mass is 9.99. The number of carbonyl (C=O) groups excluding carboxylic acids is 4. The Balaban J connectivity index is 1.13. The van der Waals surface area contributed by atoms with Crippen LogP contribution in [0.2, 0.25) is 20.1 Å². The molecule has 2 N–H and O–H groups in total. The van der Waals surface area contributed by atoms with Crippen LogP contribution >= 0.6 is 69.1 Å². The highest BCUT2D eigenvalue weighted by Crippen LogP contribution is 2.36. The maximum atomic E-state index is 13.6. The molecule has 2 aromatic heterocycles. The molecule has 2 amide bonds. The lowest BCUT2D eigenvalue weighted by Gasteiger charge is -2.19. The van der Waals surface area contributed by atoms with Gasteiger partial charge in [0.25, 0.3) is 11.8 Å². The van der Waals surface area contributed by atoms with Crippen molar-refractivity contribution >= 4 is 92.8 Å². The van der Waals surface area contributed by atoms with Gasteiger partial charge in [0, 0.05) is 34.5 Å². The number of hydrogen-bond donors (Lipinski definition) is 2. The number of amides is 2. The summed E-state index contributed by atoms with van der Waals surface area (Å²) < 4.78 is 5.37. The van der Waals surface area contributed by atoms with Crippen LogP contribution in [-0.2, 0) is 20.7 Å². The minimum Gasteiger partial charge on any atom is -0.393 e. The molecule has 0 radical (unpaired) electrons. The van der Waals surface area contributed by atoms with E-state index < -0.39 is 35.7 Å². The second-order valence-corrected chi connectivity index (χ2v) is 15.1. The third-order valence-corrected chi connectivity index (χ3v) is 11.5. The molecule has 4 aromatic carbocycles. The molecule has 0 fully saturated rings. The monoisotopic (exact) mass is 836 g/mol. The first-order valence-corrected chi connectivity index (χ1v) is 19.6. The Labute approximate surface area is 338 Å². The molecule has 2 atom stereocenters. The van der Waals surface area contributed by atoms with E-state index in [0.29, 0.717) is 46.8 Å². The molecular weight excluding hydrogens is 810 g/mol. The summed E-state index contributed by atoms with van der Waals surface area (Å²) in [4.78, 5) is 62.4. The van der Waals surface area contributed by atoms with Crippen molar-refractivity contribution in [1.29, 1.82) is 0 Å². The summed E-state index contributed by atoms with van der Waals surface area (Å²) in [6.07, 6.45) is -0.0633. The average molecular weight is 839 g/mol. The fourth-order valence-electron chi connectivity index (χ4n) is 5.41. The number of esters is 2. The zero-order valence-electron chi connectivity index (χ0n) is 27.9. The Hall–Kier alpha value is -4.62. The van der Waals surface area contributed by atoms with Gasteiger partial charge in [0.1, 0.15) is 21.4 Å². The van der Waals surface area contributed by atoms with Gasteiger partial charge >= 0.3 is 11.9 Å². The minimum atomic E-state index is -1.03. The molecule has 0 aliphatic carbocycles. The first kappa shape index (κ1) is 39.1. The summed E-state index contributed by atoms with van der Waals surface area (Å²) >= 11 is 27.5. The van der Waals surface area contributed by atoms with Gasteiger partial charge in [0.15, 0.2) is 0 Å². The van der Waals surface area contributed by atoms with Crippen molar-refractivity contribution < 1.29 is 23.9 Å². The van der Waals surface area contributed by atoms with Gasteiger partial charge in [0.05, 0.1) is 32.4 Å². The number of carbonyl (C=O) groups is 4. The number of nitrogens with zero attached hydrogens (tertiary/aromatic N) is 2. The molecule has 0 aliphatic heterocycles. The van der Waals surface area contributed by atoms with E-state index in [1.54, 1.807) is 77.5 Å². The van der Waals surface area contributed by atoms with E-state index in [0.717, 1.165) is 5.56 Å². The molecule has 15 heteroatoms. The predicted octanol–water partition coefficient (Wildman–Crippen LogP) is 9.56. The predicted molar refractivity (Wildman–Crippen MR) is 214 cm³/mol. The SMILES string of the molecule is O=C(CC(Cc1ccccc1)NC(=O)c1csc(-c2cccc(Cl)c2Cl)n1)OC(=O)C(CNC(=O)c1csc(-c2cccc(Cl)c2Cl)n1)c1ccccc1. The van der Waals surface area contributed by atoms with Crippen LogP contribution in [0, 0.1) is 0 Å². The van der Waals surface area contributed by atoms with Crippen LogP contribution in [0.3, 0.4) is 0 Å². The molecule has 274 valence electrons. The Morgan fingerprint density at radius 1 is 0.667 bits per heavy atom. The summed E-state index contributed by atoms with van der Waals surface area (Å²) in [5, 5.41) is 11.1. The molecule has 2 heterocycles. The molecule has 2 unspecified atom stereocenters. The van der Waals surface area contributed by atoms with Crippen molar-refractivity contribution in [2.24, 2.45) is 0 Å². The van der Waals surface area contributed by atoms with Crippen LogP contribution < -0.4 is 10.6 Å². The Morgan fingerprint density at radius 2 is 1.20 bits per heavy atom. The van der Waals surface area contributed by atoms with Crippen molar-refractivity contribution in [2.45, 2.75) is 24.8 Å². The maximum Gasteiger partial charge on any atom is 0.322 e. The molecule has 6 aromatic rings. The lowest BCUT2D eigenvalue weighted by Crippen LogP contribution is -2.39. The number of ether oxygens (including phenoxy) is 1. The molecule has 0 bridgehead atoms. The van der Waals surface area contributed by atoms with Crippen LogP contribution in [0.15, 0.2) is 108 Å². The Bertz CT molecular complexity index is 2300. The van der Waals surface area contributed by atoms with Crippen molar-refractivity contribution in [1.82, 2.24) is 20.6 Å². The van der Waals surface area contributed by atoms with E-state index in [-0.39, 0.29) is 30.8 Å². The van der Waals surface area contributed by atoms with Crippen molar-refractivity contribution in [2.75, 3.05) is 6.54 Å². The van der Waals surface area contributed by atoms with Crippen LogP contribution in [0.1, 0.15) is 44.4 Å². The third kappa shape index (κ3) is 9.72. The summed E-state index contributed by atoms with van der Waals surface area (Å²) in [5.41, 5.74) is 2.77. The first-order valence-electron chi connectivity index (χ1n) is 16.3. The molecule has 6 rings (SSSR count). The summed E-state index contributed by atoms with van der Waals surface area (Å²) in [6.45, 7) is -0.188. The van der Waals surface area contributed by atoms with Gasteiger partial charge < -0.3 is 15.4 Å². The topological polar surface area (TPSA) is 127 Å². The fraction of sp³-hybridized carbons (Fsp3) is 0.128. The first-order chi connectivity index (χ1) is 26.1. The number of thiazole rings is 2. The maximum absolute atomic E-state index is 13.6. The normalized spacial score (nSPS) is 12.1. The van der Waals surface area contributed by atoms with Crippen LogP contribution in [0.25, 0.3) is 21.1 Å². The van der Waals surface area contributed by atoms with E-state index in [1.165, 1.54) is 22.7 Å². The number of nitrogens with one attached hydrogen (secondary N) is 2. The average Bonchev–Trinajstić information content (AvgIpc) is 3.86. The van der Waals surface area contributed by atoms with E-state index in [9.17, 15) is 19.2 Å². The standard InChI is InChI=1S/C39H28Cl4N4O5S2/c40-28-15-7-13-25(33(28)42)37-46-30(20-53-37)35(49)44-19-27(23-11-5-2-6-12-23)39(51)52-32(48)18-24(17-22-9-3-1-4-10-22)45-36(50)31-21-54-38(47-31)26-14-8-16-29(41)34(26)43/h1-16,20-21,24,27H,17-19H2,(H,44,49)(H,45,50). The van der Waals surface area contributed by atoms with Gasteiger partial charge in [-0.2, -0.15) is 0 Å². The number of aromatic nitrogens is 2. The molecular formula is C39H28Cl4N4O5S2. The molecule has 0 saturated carbocycles. The smallest absolute Gasteiger partial charge is 0.322 e. The van der Waals surface area contributed by atoms with E-state index in [1.807, 2.05) is 30.3 Å². The van der Waals surface area contributed by atoms with Gasteiger partial charge in [-0.1, -0.05) is 131 Å². The van der Waals surface area contributed by atoms with E-state index >= 15 is 0 Å². The summed E-state index contributed by atoms with van der Waals surface area (Å²) in [7, 11) is 0. The number of benzene rings is 4. The van der Waals surface area contributed by atoms with Crippen LogP contribution in [-0.4, -0.2) is 46.3 Å². The van der Waals surface area contributed by atoms with Crippen molar-refractivity contribution in [3.8, 4) is 21.1 Å². The quantitative estimate of drug-likeness (QED) is 0.0877. The zero-order chi connectivity index (χ0) is 38.2. The molecule has 0 aliphatic rings. The van der Waals surface area contributed by atoms with Crippen LogP contribution in [0.4, 0.5) is 0 Å². The lowest BCUT2D eigenvalue weighted by molar-refractivity contribution is -0.160. The molecule has 0 spiro atoms. The van der Waals surface area contributed by atoms with Gasteiger partial charge in [-0.3, -0.25) is 19.2 Å². The number of hydrogen-bond acceptors (Lipinski definition) is 9. The summed E-state index contributed by atoms with van der Waals surface area (Å²) in [5.74, 6) is -3.83. The van der Waals surface area contributed by atoms with Gasteiger partial charge in [-0.25, -0.2) is 9.97 Å².